The van der Waals surface area contributed by atoms with Gasteiger partial charge >= 0.3 is 0 Å². The highest BCUT2D eigenvalue weighted by Gasteiger charge is 2.28. The van der Waals surface area contributed by atoms with Crippen molar-refractivity contribution in [2.45, 2.75) is 44.6 Å². The number of aromatic nitrogens is 2. The summed E-state index contributed by atoms with van der Waals surface area (Å²) in [5.41, 5.74) is 0. The maximum Gasteiger partial charge on any atom is 0.223 e. The van der Waals surface area contributed by atoms with Gasteiger partial charge < -0.3 is 15.0 Å². The lowest BCUT2D eigenvalue weighted by atomic mass is 9.84. The minimum Gasteiger partial charge on any atom is -0.384 e. The predicted octanol–water partition coefficient (Wildman–Crippen LogP) is 1.61. The van der Waals surface area contributed by atoms with Crippen molar-refractivity contribution in [2.24, 2.45) is 5.92 Å². The molecule has 0 atom stereocenters. The normalized spacial score (nSPS) is 20.0. The number of carbonyl (C=O) groups excluding carboxylic acids is 1. The Kier molecular flexibility index (Phi) is 5.25. The van der Waals surface area contributed by atoms with E-state index in [1.54, 1.807) is 7.11 Å². The molecular formula is C15H24N4O2S. The van der Waals surface area contributed by atoms with Gasteiger partial charge in [0.25, 0.3) is 0 Å². The second kappa shape index (κ2) is 7.37. The number of hydrogen-bond donors (Lipinski definition) is 1. The van der Waals surface area contributed by atoms with Crippen LogP contribution in [0.3, 0.4) is 0 Å². The van der Waals surface area contributed by atoms with Crippen LogP contribution in [0, 0.1) is 5.92 Å². The molecule has 1 aromatic heterocycles. The fraction of sp³-hybridized carbons (Fsp3) is 0.800. The number of methoxy groups -OCH3 is 1. The minimum atomic E-state index is 0.266. The zero-order valence-electron chi connectivity index (χ0n) is 13.1. The first kappa shape index (κ1) is 15.7. The summed E-state index contributed by atoms with van der Waals surface area (Å²) in [5.74, 6) is 1.41. The molecule has 22 heavy (non-hydrogen) atoms. The van der Waals surface area contributed by atoms with E-state index >= 15 is 0 Å². The molecule has 1 amide bonds. The van der Waals surface area contributed by atoms with E-state index in [0.717, 1.165) is 56.1 Å². The second-order valence-electron chi connectivity index (χ2n) is 6.13. The van der Waals surface area contributed by atoms with Gasteiger partial charge in [-0.1, -0.05) is 6.42 Å². The molecule has 0 bridgehead atoms. The molecule has 2 heterocycles. The molecule has 0 radical (unpaired) electrons. The van der Waals surface area contributed by atoms with Crippen LogP contribution in [0.15, 0.2) is 0 Å². The van der Waals surface area contributed by atoms with Gasteiger partial charge in [0, 0.05) is 50.1 Å². The predicted molar refractivity (Wildman–Crippen MR) is 86.2 cm³/mol. The Morgan fingerprint density at radius 3 is 2.77 bits per heavy atom. The fourth-order valence-electron chi connectivity index (χ4n) is 2.87. The lowest BCUT2D eigenvalue weighted by Crippen LogP contribution is -2.47. The summed E-state index contributed by atoms with van der Waals surface area (Å²) in [4.78, 5) is 18.8. The third kappa shape index (κ3) is 3.76. The van der Waals surface area contributed by atoms with Gasteiger partial charge in [-0.25, -0.2) is 4.98 Å². The lowest BCUT2D eigenvalue weighted by Gasteiger charge is -2.33. The smallest absolute Gasteiger partial charge is 0.223 e. The molecule has 1 aliphatic carbocycles. The molecule has 1 aromatic rings. The first-order valence-electron chi connectivity index (χ1n) is 8.13. The third-order valence-electron chi connectivity index (χ3n) is 4.57. The molecule has 0 aromatic carbocycles. The monoisotopic (exact) mass is 324 g/mol. The van der Waals surface area contributed by atoms with Gasteiger partial charge in [0.2, 0.25) is 11.0 Å². The number of ether oxygens (including phenoxy) is 1. The molecule has 2 fully saturated rings. The van der Waals surface area contributed by atoms with Gasteiger partial charge in [-0.3, -0.25) is 4.79 Å². The summed E-state index contributed by atoms with van der Waals surface area (Å²) in [6.07, 6.45) is 6.09. The summed E-state index contributed by atoms with van der Waals surface area (Å²) in [6.45, 7) is 2.54. The van der Waals surface area contributed by atoms with Crippen LogP contribution in [0.5, 0.6) is 0 Å². The Morgan fingerprint density at radius 2 is 2.14 bits per heavy atom. The van der Waals surface area contributed by atoms with Gasteiger partial charge in [0.15, 0.2) is 0 Å². The first-order chi connectivity index (χ1) is 10.8. The number of amides is 1. The SMILES string of the molecule is COCCc1nsc(N2CCC(NC(=O)C3CCC3)CC2)n1. The summed E-state index contributed by atoms with van der Waals surface area (Å²) in [6, 6.07) is 0.324. The molecule has 3 rings (SSSR count). The van der Waals surface area contributed by atoms with Crippen LogP contribution < -0.4 is 10.2 Å². The molecule has 2 aliphatic rings. The quantitative estimate of drug-likeness (QED) is 0.861. The van der Waals surface area contributed by atoms with E-state index in [9.17, 15) is 4.79 Å². The molecule has 0 unspecified atom stereocenters. The fourth-order valence-corrected chi connectivity index (χ4v) is 3.64. The number of nitrogens with one attached hydrogen (secondary N) is 1. The summed E-state index contributed by atoms with van der Waals surface area (Å²) >= 11 is 1.46. The van der Waals surface area contributed by atoms with Gasteiger partial charge in [-0.05, 0) is 25.7 Å². The maximum absolute atomic E-state index is 12.0. The number of piperidine rings is 1. The van der Waals surface area contributed by atoms with Crippen molar-refractivity contribution in [3.8, 4) is 0 Å². The molecule has 1 aliphatic heterocycles. The lowest BCUT2D eigenvalue weighted by molar-refractivity contribution is -0.128. The molecule has 0 spiro atoms. The van der Waals surface area contributed by atoms with Crippen LogP contribution in [-0.2, 0) is 16.0 Å². The Hall–Kier alpha value is -1.21. The van der Waals surface area contributed by atoms with E-state index < -0.39 is 0 Å². The van der Waals surface area contributed by atoms with E-state index in [-0.39, 0.29) is 11.8 Å². The molecule has 7 heteroatoms. The van der Waals surface area contributed by atoms with Crippen LogP contribution in [-0.4, -0.2) is 48.1 Å². The Labute approximate surface area is 135 Å². The molecule has 1 N–H and O–H groups in total. The Balaban J connectivity index is 1.44. The zero-order chi connectivity index (χ0) is 15.4. The molecule has 6 nitrogen and oxygen atoms in total. The van der Waals surface area contributed by atoms with E-state index in [1.165, 1.54) is 18.0 Å². The zero-order valence-corrected chi connectivity index (χ0v) is 13.9. The standard InChI is InChI=1S/C15H24N4O2S/c1-21-10-7-13-17-15(22-18-13)19-8-5-12(6-9-19)16-14(20)11-3-2-4-11/h11-12H,2-10H2,1H3,(H,16,20). The van der Waals surface area contributed by atoms with Crippen LogP contribution in [0.4, 0.5) is 5.13 Å². The van der Waals surface area contributed by atoms with Crippen molar-refractivity contribution in [3.05, 3.63) is 5.82 Å². The average molecular weight is 324 g/mol. The van der Waals surface area contributed by atoms with E-state index in [2.05, 4.69) is 19.6 Å². The molecule has 1 saturated heterocycles. The highest BCUT2D eigenvalue weighted by atomic mass is 32.1. The van der Waals surface area contributed by atoms with Gasteiger partial charge in [0.1, 0.15) is 5.82 Å². The van der Waals surface area contributed by atoms with Crippen LogP contribution in [0.25, 0.3) is 0 Å². The number of nitrogens with zero attached hydrogens (tertiary/aromatic N) is 3. The summed E-state index contributed by atoms with van der Waals surface area (Å²) in [7, 11) is 1.69. The number of rotatable bonds is 6. The highest BCUT2D eigenvalue weighted by Crippen LogP contribution is 2.27. The van der Waals surface area contributed by atoms with Gasteiger partial charge in [0.05, 0.1) is 6.61 Å². The molecule has 122 valence electrons. The largest absolute Gasteiger partial charge is 0.384 e. The van der Waals surface area contributed by atoms with E-state index in [4.69, 9.17) is 4.74 Å². The maximum atomic E-state index is 12.0. The minimum absolute atomic E-state index is 0.266. The summed E-state index contributed by atoms with van der Waals surface area (Å²) < 4.78 is 9.43. The van der Waals surface area contributed by atoms with Gasteiger partial charge in [-0.2, -0.15) is 4.37 Å². The van der Waals surface area contributed by atoms with Crippen molar-refractivity contribution in [3.63, 3.8) is 0 Å². The number of carbonyl (C=O) groups is 1. The van der Waals surface area contributed by atoms with Crippen molar-refractivity contribution >= 4 is 22.6 Å². The Bertz CT molecular complexity index is 495. The number of anilines is 1. The second-order valence-corrected chi connectivity index (χ2v) is 6.86. The van der Waals surface area contributed by atoms with Crippen molar-refractivity contribution in [1.29, 1.82) is 0 Å². The van der Waals surface area contributed by atoms with Crippen LogP contribution in [0.2, 0.25) is 0 Å². The Morgan fingerprint density at radius 1 is 1.36 bits per heavy atom. The first-order valence-corrected chi connectivity index (χ1v) is 8.90. The highest BCUT2D eigenvalue weighted by molar-refractivity contribution is 7.09. The summed E-state index contributed by atoms with van der Waals surface area (Å²) in [5, 5.41) is 4.21. The average Bonchev–Trinajstić information content (AvgIpc) is 2.93. The topological polar surface area (TPSA) is 67.3 Å². The molecular weight excluding hydrogens is 300 g/mol. The van der Waals surface area contributed by atoms with Crippen LogP contribution in [0.1, 0.15) is 37.9 Å². The van der Waals surface area contributed by atoms with E-state index in [0.29, 0.717) is 12.6 Å². The van der Waals surface area contributed by atoms with Crippen molar-refractivity contribution < 1.29 is 9.53 Å². The number of hydrogen-bond acceptors (Lipinski definition) is 6. The van der Waals surface area contributed by atoms with Gasteiger partial charge in [-0.15, -0.1) is 0 Å². The third-order valence-corrected chi connectivity index (χ3v) is 5.39. The van der Waals surface area contributed by atoms with E-state index in [1.807, 2.05) is 0 Å². The van der Waals surface area contributed by atoms with Crippen molar-refractivity contribution in [2.75, 3.05) is 31.7 Å². The van der Waals surface area contributed by atoms with Crippen LogP contribution >= 0.6 is 11.5 Å². The van der Waals surface area contributed by atoms with Crippen molar-refractivity contribution in [1.82, 2.24) is 14.7 Å². The molecule has 1 saturated carbocycles.